The first-order valence-corrected chi connectivity index (χ1v) is 6.95. The molecule has 3 nitrogen and oxygen atoms in total. The van der Waals surface area contributed by atoms with Crippen molar-refractivity contribution >= 4 is 34.8 Å². The number of nitrogens with two attached hydrogens (primary N) is 1. The summed E-state index contributed by atoms with van der Waals surface area (Å²) < 4.78 is 13.7. The number of benzene rings is 2. The number of nitrogen functional groups attached to an aromatic ring is 1. The van der Waals surface area contributed by atoms with Crippen LogP contribution in [0.25, 0.3) is 0 Å². The molecule has 0 heterocycles. The van der Waals surface area contributed by atoms with Crippen molar-refractivity contribution < 1.29 is 9.18 Å². The molecule has 21 heavy (non-hydrogen) atoms. The fraction of sp³-hybridized carbons (Fsp3) is 0.133. The van der Waals surface area contributed by atoms with E-state index >= 15 is 0 Å². The van der Waals surface area contributed by atoms with Crippen molar-refractivity contribution in [2.75, 3.05) is 5.73 Å². The lowest BCUT2D eigenvalue weighted by Crippen LogP contribution is -2.27. The van der Waals surface area contributed by atoms with Crippen LogP contribution in [0.2, 0.25) is 10.0 Å². The van der Waals surface area contributed by atoms with Gasteiger partial charge in [0.05, 0.1) is 21.8 Å². The summed E-state index contributed by atoms with van der Waals surface area (Å²) in [5.41, 5.74) is 6.55. The molecule has 1 atom stereocenters. The highest BCUT2D eigenvalue weighted by atomic mass is 35.5. The number of hydrogen-bond acceptors (Lipinski definition) is 2. The molecule has 0 aliphatic heterocycles. The van der Waals surface area contributed by atoms with Crippen molar-refractivity contribution in [2.24, 2.45) is 0 Å². The zero-order chi connectivity index (χ0) is 15.6. The predicted molar refractivity (Wildman–Crippen MR) is 83.2 cm³/mol. The monoisotopic (exact) mass is 326 g/mol. The minimum absolute atomic E-state index is 0.195. The third-order valence-corrected chi connectivity index (χ3v) is 3.85. The Bertz CT molecular complexity index is 668. The van der Waals surface area contributed by atoms with Gasteiger partial charge in [-0.3, -0.25) is 4.79 Å². The van der Waals surface area contributed by atoms with Gasteiger partial charge in [0.15, 0.2) is 0 Å². The lowest BCUT2D eigenvalue weighted by molar-refractivity contribution is 0.0939. The lowest BCUT2D eigenvalue weighted by atomic mass is 10.1. The Morgan fingerprint density at radius 3 is 2.57 bits per heavy atom. The summed E-state index contributed by atoms with van der Waals surface area (Å²) in [6.07, 6.45) is 0. The molecule has 0 saturated carbocycles. The van der Waals surface area contributed by atoms with Gasteiger partial charge in [-0.2, -0.15) is 0 Å². The molecule has 0 bridgehead atoms. The predicted octanol–water partition coefficient (Wildman–Crippen LogP) is 4.21. The van der Waals surface area contributed by atoms with E-state index in [4.69, 9.17) is 28.9 Å². The Morgan fingerprint density at radius 2 is 1.95 bits per heavy atom. The van der Waals surface area contributed by atoms with Crippen LogP contribution in [0.15, 0.2) is 36.4 Å². The molecule has 2 aromatic rings. The van der Waals surface area contributed by atoms with E-state index in [-0.39, 0.29) is 27.1 Å². The molecule has 2 rings (SSSR count). The minimum atomic E-state index is -0.491. The lowest BCUT2D eigenvalue weighted by Gasteiger charge is -2.15. The van der Waals surface area contributed by atoms with Gasteiger partial charge in [-0.1, -0.05) is 41.4 Å². The molecule has 2 aromatic carbocycles. The average Bonchev–Trinajstić information content (AvgIpc) is 2.44. The third-order valence-electron chi connectivity index (χ3n) is 3.04. The van der Waals surface area contributed by atoms with Crippen LogP contribution in [-0.2, 0) is 0 Å². The van der Waals surface area contributed by atoms with Crippen molar-refractivity contribution in [3.63, 3.8) is 0 Å². The molecule has 110 valence electrons. The quantitative estimate of drug-likeness (QED) is 0.830. The largest absolute Gasteiger partial charge is 0.397 e. The van der Waals surface area contributed by atoms with Crippen LogP contribution in [0, 0.1) is 5.82 Å². The summed E-state index contributed by atoms with van der Waals surface area (Å²) in [5.74, 6) is -0.782. The summed E-state index contributed by atoms with van der Waals surface area (Å²) >= 11 is 11.7. The van der Waals surface area contributed by atoms with Crippen LogP contribution in [0.4, 0.5) is 10.1 Å². The maximum absolute atomic E-state index is 13.7. The molecule has 1 unspecified atom stereocenters. The van der Waals surface area contributed by atoms with Gasteiger partial charge in [0.25, 0.3) is 5.91 Å². The average molecular weight is 327 g/mol. The van der Waals surface area contributed by atoms with Gasteiger partial charge < -0.3 is 11.1 Å². The van der Waals surface area contributed by atoms with Gasteiger partial charge in [-0.25, -0.2) is 4.39 Å². The Labute approximate surface area is 131 Å². The molecule has 0 fully saturated rings. The Morgan fingerprint density at radius 1 is 1.29 bits per heavy atom. The SMILES string of the molecule is CC(NC(=O)c1cc(N)c(Cl)c(Cl)c1)c1ccccc1F. The summed E-state index contributed by atoms with van der Waals surface area (Å²) in [6, 6.07) is 8.61. The number of nitrogens with one attached hydrogen (secondary N) is 1. The fourth-order valence-corrected chi connectivity index (χ4v) is 2.26. The summed E-state index contributed by atoms with van der Waals surface area (Å²) in [7, 11) is 0. The first-order valence-electron chi connectivity index (χ1n) is 6.20. The second kappa shape index (κ2) is 6.33. The van der Waals surface area contributed by atoms with Crippen LogP contribution in [0.5, 0.6) is 0 Å². The minimum Gasteiger partial charge on any atom is -0.397 e. The number of halogens is 3. The third kappa shape index (κ3) is 3.46. The van der Waals surface area contributed by atoms with Gasteiger partial charge in [-0.15, -0.1) is 0 Å². The van der Waals surface area contributed by atoms with Crippen molar-refractivity contribution in [3.05, 3.63) is 63.4 Å². The molecule has 6 heteroatoms. The molecule has 3 N–H and O–H groups in total. The molecule has 1 amide bonds. The molecule has 0 saturated heterocycles. The maximum atomic E-state index is 13.7. The van der Waals surface area contributed by atoms with Gasteiger partial charge in [0.1, 0.15) is 5.82 Å². The first kappa shape index (κ1) is 15.6. The zero-order valence-corrected chi connectivity index (χ0v) is 12.7. The first-order chi connectivity index (χ1) is 9.90. The van der Waals surface area contributed by atoms with Gasteiger partial charge in [0, 0.05) is 11.1 Å². The highest BCUT2D eigenvalue weighted by Gasteiger charge is 2.16. The molecule has 0 aliphatic carbocycles. The highest BCUT2D eigenvalue weighted by Crippen LogP contribution is 2.29. The van der Waals surface area contributed by atoms with E-state index < -0.39 is 11.9 Å². The van der Waals surface area contributed by atoms with Crippen LogP contribution in [0.3, 0.4) is 0 Å². The number of amides is 1. The van der Waals surface area contributed by atoms with E-state index in [1.165, 1.54) is 18.2 Å². The summed E-state index contributed by atoms with van der Waals surface area (Å²) in [4.78, 5) is 12.2. The highest BCUT2D eigenvalue weighted by molar-refractivity contribution is 6.43. The molecule has 0 aromatic heterocycles. The van der Waals surface area contributed by atoms with Crippen molar-refractivity contribution in [3.8, 4) is 0 Å². The van der Waals surface area contributed by atoms with Gasteiger partial charge >= 0.3 is 0 Å². The fourth-order valence-electron chi connectivity index (χ4n) is 1.93. The summed E-state index contributed by atoms with van der Waals surface area (Å²) in [6.45, 7) is 1.69. The molecule has 0 radical (unpaired) electrons. The van der Waals surface area contributed by atoms with E-state index in [1.54, 1.807) is 25.1 Å². The zero-order valence-electron chi connectivity index (χ0n) is 11.2. The molecule has 0 spiro atoms. The van der Waals surface area contributed by atoms with Gasteiger partial charge in [-0.05, 0) is 25.1 Å². The van der Waals surface area contributed by atoms with E-state index in [0.29, 0.717) is 5.56 Å². The van der Waals surface area contributed by atoms with E-state index in [9.17, 15) is 9.18 Å². The maximum Gasteiger partial charge on any atom is 0.251 e. The second-order valence-electron chi connectivity index (χ2n) is 4.58. The number of anilines is 1. The number of hydrogen-bond donors (Lipinski definition) is 2. The van der Waals surface area contributed by atoms with Crippen LogP contribution >= 0.6 is 23.2 Å². The number of rotatable bonds is 3. The Hall–Kier alpha value is -1.78. The molecular formula is C15H13Cl2FN2O. The standard InChI is InChI=1S/C15H13Cl2FN2O/c1-8(10-4-2-3-5-12(10)18)20-15(21)9-6-11(16)14(17)13(19)7-9/h2-8H,19H2,1H3,(H,20,21). The number of carbonyl (C=O) groups is 1. The van der Waals surface area contributed by atoms with Crippen molar-refractivity contribution in [2.45, 2.75) is 13.0 Å². The van der Waals surface area contributed by atoms with Gasteiger partial charge in [0.2, 0.25) is 0 Å². The second-order valence-corrected chi connectivity index (χ2v) is 5.36. The number of carbonyl (C=O) groups excluding carboxylic acids is 1. The van der Waals surface area contributed by atoms with Crippen molar-refractivity contribution in [1.82, 2.24) is 5.32 Å². The summed E-state index contributed by atoms with van der Waals surface area (Å²) in [5, 5.41) is 3.09. The molecular weight excluding hydrogens is 314 g/mol. The van der Waals surface area contributed by atoms with E-state index in [0.717, 1.165) is 0 Å². The Kier molecular flexibility index (Phi) is 4.70. The van der Waals surface area contributed by atoms with Crippen LogP contribution in [0.1, 0.15) is 28.9 Å². The van der Waals surface area contributed by atoms with Crippen LogP contribution < -0.4 is 11.1 Å². The molecule has 0 aliphatic rings. The van der Waals surface area contributed by atoms with Crippen LogP contribution in [-0.4, -0.2) is 5.91 Å². The smallest absolute Gasteiger partial charge is 0.251 e. The normalized spacial score (nSPS) is 12.0. The Balaban J connectivity index is 2.20. The van der Waals surface area contributed by atoms with E-state index in [2.05, 4.69) is 5.32 Å². The topological polar surface area (TPSA) is 55.1 Å². The van der Waals surface area contributed by atoms with E-state index in [1.807, 2.05) is 0 Å². The van der Waals surface area contributed by atoms with Crippen molar-refractivity contribution in [1.29, 1.82) is 0 Å².